The third-order valence-corrected chi connectivity index (χ3v) is 6.23. The molecule has 1 unspecified atom stereocenters. The second-order valence-corrected chi connectivity index (χ2v) is 8.86. The number of carbonyl (C=O) groups is 2. The average Bonchev–Trinajstić information content (AvgIpc) is 2.96. The van der Waals surface area contributed by atoms with Crippen LogP contribution in [-0.2, 0) is 4.79 Å². The number of carboxylic acids is 2. The van der Waals surface area contributed by atoms with Crippen molar-refractivity contribution in [3.05, 3.63) is 34.2 Å². The van der Waals surface area contributed by atoms with Gasteiger partial charge in [0.1, 0.15) is 16.9 Å². The maximum absolute atomic E-state index is 11.5. The number of hydrogen-bond donors (Lipinski definition) is 3. The molecule has 0 bridgehead atoms. The summed E-state index contributed by atoms with van der Waals surface area (Å²) in [6.07, 6.45) is 1.83. The lowest BCUT2D eigenvalue weighted by Crippen LogP contribution is -2.49. The van der Waals surface area contributed by atoms with Crippen LogP contribution in [0.2, 0.25) is 5.02 Å². The molecule has 1 aliphatic rings. The van der Waals surface area contributed by atoms with Crippen LogP contribution in [0.1, 0.15) is 36.4 Å². The van der Waals surface area contributed by atoms with Gasteiger partial charge in [-0.1, -0.05) is 23.7 Å². The first-order valence-corrected chi connectivity index (χ1v) is 10.3. The minimum atomic E-state index is -1.23. The van der Waals surface area contributed by atoms with Crippen molar-refractivity contribution in [1.29, 1.82) is 0 Å². The third-order valence-electron chi connectivity index (χ3n) is 4.55. The molecule has 1 aromatic carbocycles. The molecule has 1 aliphatic heterocycles. The SMILES string of the molecule is CC1(C)CC(Oc2cccc(-c3sc(C(=O)O)c(OCC(=O)O)c3Cl)c2)CCN1. The summed E-state index contributed by atoms with van der Waals surface area (Å²) in [4.78, 5) is 22.7. The summed E-state index contributed by atoms with van der Waals surface area (Å²) in [5, 5.41) is 21.8. The van der Waals surface area contributed by atoms with Crippen LogP contribution in [0.15, 0.2) is 24.3 Å². The van der Waals surface area contributed by atoms with Gasteiger partial charge in [0.05, 0.1) is 4.88 Å². The normalized spacial score (nSPS) is 18.2. The van der Waals surface area contributed by atoms with Crippen LogP contribution in [-0.4, -0.2) is 46.9 Å². The van der Waals surface area contributed by atoms with Crippen molar-refractivity contribution in [1.82, 2.24) is 5.32 Å². The number of rotatable bonds is 7. The fourth-order valence-electron chi connectivity index (χ4n) is 3.30. The zero-order chi connectivity index (χ0) is 21.2. The summed E-state index contributed by atoms with van der Waals surface area (Å²) < 4.78 is 11.3. The van der Waals surface area contributed by atoms with E-state index in [0.29, 0.717) is 16.2 Å². The molecule has 1 saturated heterocycles. The van der Waals surface area contributed by atoms with Gasteiger partial charge in [-0.25, -0.2) is 9.59 Å². The fraction of sp³-hybridized carbons (Fsp3) is 0.400. The number of thiophene rings is 1. The van der Waals surface area contributed by atoms with E-state index in [0.717, 1.165) is 30.7 Å². The lowest BCUT2D eigenvalue weighted by molar-refractivity contribution is -0.139. The van der Waals surface area contributed by atoms with Gasteiger partial charge in [0.25, 0.3) is 0 Å². The Morgan fingerprint density at radius 2 is 2.10 bits per heavy atom. The smallest absolute Gasteiger partial charge is 0.349 e. The van der Waals surface area contributed by atoms with E-state index in [4.69, 9.17) is 26.2 Å². The van der Waals surface area contributed by atoms with Crippen LogP contribution in [0.3, 0.4) is 0 Å². The van der Waals surface area contributed by atoms with Crippen LogP contribution >= 0.6 is 22.9 Å². The van der Waals surface area contributed by atoms with Crippen molar-refractivity contribution < 1.29 is 29.3 Å². The van der Waals surface area contributed by atoms with Gasteiger partial charge in [-0.3, -0.25) is 0 Å². The monoisotopic (exact) mass is 439 g/mol. The molecule has 0 aliphatic carbocycles. The molecule has 2 aromatic rings. The number of carboxylic acid groups (broad SMARTS) is 2. The number of benzene rings is 1. The quantitative estimate of drug-likeness (QED) is 0.595. The first-order valence-electron chi connectivity index (χ1n) is 9.08. The zero-order valence-electron chi connectivity index (χ0n) is 16.0. The van der Waals surface area contributed by atoms with E-state index in [1.807, 2.05) is 12.1 Å². The molecule has 0 amide bonds. The van der Waals surface area contributed by atoms with Crippen molar-refractivity contribution >= 4 is 34.9 Å². The molecule has 7 nitrogen and oxygen atoms in total. The molecule has 1 fully saturated rings. The minimum Gasteiger partial charge on any atom is -0.490 e. The van der Waals surface area contributed by atoms with Crippen LogP contribution < -0.4 is 14.8 Å². The second kappa shape index (κ2) is 8.61. The van der Waals surface area contributed by atoms with Gasteiger partial charge in [-0.2, -0.15) is 0 Å². The maximum Gasteiger partial charge on any atom is 0.349 e. The van der Waals surface area contributed by atoms with Gasteiger partial charge in [0.15, 0.2) is 17.2 Å². The summed E-state index contributed by atoms with van der Waals surface area (Å²) in [5.74, 6) is -1.91. The molecule has 1 aromatic heterocycles. The van der Waals surface area contributed by atoms with Crippen molar-refractivity contribution in [3.8, 4) is 21.9 Å². The van der Waals surface area contributed by atoms with Crippen molar-refractivity contribution in [2.75, 3.05) is 13.2 Å². The van der Waals surface area contributed by atoms with Crippen molar-refractivity contribution in [2.45, 2.75) is 38.3 Å². The Kier molecular flexibility index (Phi) is 6.36. The molecule has 2 heterocycles. The molecule has 1 atom stereocenters. The molecule has 9 heteroatoms. The Labute approximate surface area is 177 Å². The number of aromatic carboxylic acids is 1. The topological polar surface area (TPSA) is 105 Å². The molecule has 0 spiro atoms. The first-order chi connectivity index (χ1) is 13.7. The van der Waals surface area contributed by atoms with E-state index in [-0.39, 0.29) is 27.3 Å². The Morgan fingerprint density at radius 1 is 1.34 bits per heavy atom. The summed E-state index contributed by atoms with van der Waals surface area (Å²) in [7, 11) is 0. The Balaban J connectivity index is 1.87. The molecule has 0 saturated carbocycles. The van der Waals surface area contributed by atoms with Gasteiger partial charge >= 0.3 is 11.9 Å². The molecular weight excluding hydrogens is 418 g/mol. The van der Waals surface area contributed by atoms with E-state index < -0.39 is 18.5 Å². The number of nitrogens with one attached hydrogen (secondary N) is 1. The molecule has 156 valence electrons. The number of hydrogen-bond acceptors (Lipinski definition) is 6. The van der Waals surface area contributed by atoms with Crippen molar-refractivity contribution in [3.63, 3.8) is 0 Å². The van der Waals surface area contributed by atoms with E-state index in [1.165, 1.54) is 0 Å². The average molecular weight is 440 g/mol. The molecule has 3 rings (SSSR count). The van der Waals surface area contributed by atoms with Crippen molar-refractivity contribution in [2.24, 2.45) is 0 Å². The van der Waals surface area contributed by atoms with E-state index in [9.17, 15) is 14.7 Å². The van der Waals surface area contributed by atoms with Gasteiger partial charge in [0, 0.05) is 12.0 Å². The van der Waals surface area contributed by atoms with E-state index in [2.05, 4.69) is 19.2 Å². The number of ether oxygens (including phenoxy) is 2. The lowest BCUT2D eigenvalue weighted by Gasteiger charge is -2.36. The third kappa shape index (κ3) is 5.20. The van der Waals surface area contributed by atoms with Gasteiger partial charge < -0.3 is 25.0 Å². The van der Waals surface area contributed by atoms with Crippen LogP contribution in [0, 0.1) is 0 Å². The minimum absolute atomic E-state index is 0.00432. The Bertz CT molecular complexity index is 926. The second-order valence-electron chi connectivity index (χ2n) is 7.46. The maximum atomic E-state index is 11.5. The van der Waals surface area contributed by atoms with E-state index in [1.54, 1.807) is 12.1 Å². The lowest BCUT2D eigenvalue weighted by atomic mass is 9.91. The van der Waals surface area contributed by atoms with Gasteiger partial charge in [0.2, 0.25) is 0 Å². The summed E-state index contributed by atoms with van der Waals surface area (Å²) in [6.45, 7) is 4.47. The highest BCUT2D eigenvalue weighted by molar-refractivity contribution is 7.18. The molecule has 0 radical (unpaired) electrons. The molecule has 29 heavy (non-hydrogen) atoms. The summed E-state index contributed by atoms with van der Waals surface area (Å²) in [6, 6.07) is 7.26. The highest BCUT2D eigenvalue weighted by Gasteiger charge is 2.29. The highest BCUT2D eigenvalue weighted by atomic mass is 35.5. The molecular formula is C20H22ClNO6S. The Morgan fingerprint density at radius 3 is 2.76 bits per heavy atom. The Hall–Kier alpha value is -2.29. The van der Waals surface area contributed by atoms with Crippen LogP contribution in [0.25, 0.3) is 10.4 Å². The number of halogens is 1. The highest BCUT2D eigenvalue weighted by Crippen LogP contribution is 2.46. The summed E-state index contributed by atoms with van der Waals surface area (Å²) >= 11 is 7.29. The zero-order valence-corrected chi connectivity index (χ0v) is 17.6. The van der Waals surface area contributed by atoms with Gasteiger partial charge in [-0.15, -0.1) is 11.3 Å². The predicted molar refractivity (Wildman–Crippen MR) is 111 cm³/mol. The van der Waals surface area contributed by atoms with Crippen LogP contribution in [0.4, 0.5) is 0 Å². The number of piperidine rings is 1. The predicted octanol–water partition coefficient (Wildman–Crippen LogP) is 4.14. The standard InChI is InChI=1S/C20H22ClNO6S/c1-20(2)9-13(6-7-22-20)28-12-5-3-4-11(8-12)17-15(21)16(27-10-14(23)24)18(29-17)19(25)26/h3-5,8,13,22H,6-7,9-10H2,1-2H3,(H,23,24)(H,25,26). The van der Waals surface area contributed by atoms with E-state index >= 15 is 0 Å². The fourth-order valence-corrected chi connectivity index (χ4v) is 4.71. The largest absolute Gasteiger partial charge is 0.490 e. The first kappa shape index (κ1) is 21.4. The van der Waals surface area contributed by atoms with Crippen LogP contribution in [0.5, 0.6) is 11.5 Å². The van der Waals surface area contributed by atoms with Gasteiger partial charge in [-0.05, 0) is 44.5 Å². The number of aliphatic carboxylic acids is 1. The summed E-state index contributed by atoms with van der Waals surface area (Å²) in [5.41, 5.74) is 0.683. The molecule has 3 N–H and O–H groups in total.